The van der Waals surface area contributed by atoms with Crippen molar-refractivity contribution in [3.63, 3.8) is 0 Å². The molecule has 0 unspecified atom stereocenters. The molecule has 5 heteroatoms. The Morgan fingerprint density at radius 3 is 2.50 bits per heavy atom. The molecule has 0 fully saturated rings. The molecule has 18 heavy (non-hydrogen) atoms. The zero-order chi connectivity index (χ0) is 13.5. The summed E-state index contributed by atoms with van der Waals surface area (Å²) in [6.07, 6.45) is 0. The minimum absolute atomic E-state index is 0.217. The van der Waals surface area contributed by atoms with Crippen molar-refractivity contribution in [2.75, 3.05) is 13.1 Å². The number of hydrogen-bond donors (Lipinski definition) is 2. The highest BCUT2D eigenvalue weighted by molar-refractivity contribution is 7.80. The van der Waals surface area contributed by atoms with E-state index in [-0.39, 0.29) is 5.75 Å². The molecule has 0 saturated heterocycles. The molecule has 0 aliphatic heterocycles. The van der Waals surface area contributed by atoms with Crippen molar-refractivity contribution in [2.24, 2.45) is 5.10 Å². The minimum Gasteiger partial charge on any atom is -0.507 e. The lowest BCUT2D eigenvalue weighted by molar-refractivity contribution is 0.457. The highest BCUT2D eigenvalue weighted by Crippen LogP contribution is 2.16. The minimum atomic E-state index is 0.217. The van der Waals surface area contributed by atoms with Gasteiger partial charge < -0.3 is 10.0 Å². The molecule has 1 rings (SSSR count). The highest BCUT2D eigenvalue weighted by Gasteiger charge is 2.05. The van der Waals surface area contributed by atoms with Crippen molar-refractivity contribution < 1.29 is 5.11 Å². The zero-order valence-corrected chi connectivity index (χ0v) is 11.8. The monoisotopic (exact) mass is 265 g/mol. The average Bonchev–Trinajstić information content (AvgIpc) is 2.38. The third kappa shape index (κ3) is 3.70. The summed E-state index contributed by atoms with van der Waals surface area (Å²) >= 11 is 5.22. The van der Waals surface area contributed by atoms with Crippen LogP contribution in [-0.4, -0.2) is 33.9 Å². The SMILES string of the molecule is CCN(CC)C(=S)N/N=C(/C)c1ccccc1O. The molecule has 0 radical (unpaired) electrons. The van der Waals surface area contributed by atoms with Crippen LogP contribution >= 0.6 is 12.2 Å². The number of rotatable bonds is 4. The number of hydrogen-bond acceptors (Lipinski definition) is 3. The van der Waals surface area contributed by atoms with Gasteiger partial charge in [0.15, 0.2) is 5.11 Å². The van der Waals surface area contributed by atoms with E-state index in [1.807, 2.05) is 37.8 Å². The molecule has 2 N–H and O–H groups in total. The number of aromatic hydroxyl groups is 1. The number of phenols is 1. The van der Waals surface area contributed by atoms with E-state index in [4.69, 9.17) is 12.2 Å². The Kier molecular flexibility index (Phi) is 5.58. The fourth-order valence-corrected chi connectivity index (χ4v) is 1.86. The fourth-order valence-electron chi connectivity index (χ4n) is 1.55. The quantitative estimate of drug-likeness (QED) is 0.498. The van der Waals surface area contributed by atoms with E-state index in [0.29, 0.717) is 16.4 Å². The van der Waals surface area contributed by atoms with Crippen LogP contribution in [0, 0.1) is 0 Å². The van der Waals surface area contributed by atoms with Gasteiger partial charge in [-0.05, 0) is 45.1 Å². The maximum Gasteiger partial charge on any atom is 0.189 e. The van der Waals surface area contributed by atoms with Gasteiger partial charge in [0.1, 0.15) is 5.75 Å². The number of nitrogens with zero attached hydrogens (tertiary/aromatic N) is 2. The third-order valence-corrected chi connectivity index (χ3v) is 3.01. The summed E-state index contributed by atoms with van der Waals surface area (Å²) in [6.45, 7) is 7.59. The van der Waals surface area contributed by atoms with Crippen LogP contribution in [0.4, 0.5) is 0 Å². The maximum absolute atomic E-state index is 9.70. The summed E-state index contributed by atoms with van der Waals surface area (Å²) in [6, 6.07) is 7.09. The van der Waals surface area contributed by atoms with Gasteiger partial charge in [0, 0.05) is 18.7 Å². The van der Waals surface area contributed by atoms with Gasteiger partial charge in [-0.1, -0.05) is 12.1 Å². The van der Waals surface area contributed by atoms with Gasteiger partial charge in [-0.2, -0.15) is 5.10 Å². The van der Waals surface area contributed by atoms with Crippen molar-refractivity contribution >= 4 is 23.0 Å². The first kappa shape index (κ1) is 14.4. The molecular formula is C13H19N3OS. The van der Waals surface area contributed by atoms with Gasteiger partial charge in [-0.25, -0.2) is 0 Å². The van der Waals surface area contributed by atoms with Crippen LogP contribution in [0.1, 0.15) is 26.3 Å². The number of benzene rings is 1. The molecule has 4 nitrogen and oxygen atoms in total. The first-order valence-corrected chi connectivity index (χ1v) is 6.38. The number of hydrazone groups is 1. The van der Waals surface area contributed by atoms with Crippen LogP contribution in [-0.2, 0) is 0 Å². The lowest BCUT2D eigenvalue weighted by Crippen LogP contribution is -2.37. The Morgan fingerprint density at radius 2 is 1.94 bits per heavy atom. The largest absolute Gasteiger partial charge is 0.507 e. The Hall–Kier alpha value is -1.62. The van der Waals surface area contributed by atoms with Crippen LogP contribution in [0.5, 0.6) is 5.75 Å². The summed E-state index contributed by atoms with van der Waals surface area (Å²) < 4.78 is 0. The molecule has 0 spiro atoms. The number of phenolic OH excluding ortho intramolecular Hbond substituents is 1. The molecule has 0 amide bonds. The van der Waals surface area contributed by atoms with Crippen molar-refractivity contribution in [3.8, 4) is 5.75 Å². The first-order valence-electron chi connectivity index (χ1n) is 5.97. The lowest BCUT2D eigenvalue weighted by Gasteiger charge is -2.20. The second kappa shape index (κ2) is 6.96. The molecule has 0 aliphatic rings. The Morgan fingerprint density at radius 1 is 1.33 bits per heavy atom. The smallest absolute Gasteiger partial charge is 0.189 e. The van der Waals surface area contributed by atoms with Crippen LogP contribution in [0.15, 0.2) is 29.4 Å². The molecule has 1 aromatic rings. The molecule has 0 aromatic heterocycles. The summed E-state index contributed by atoms with van der Waals surface area (Å²) in [5.74, 6) is 0.217. The predicted molar refractivity (Wildman–Crippen MR) is 79.0 cm³/mol. The highest BCUT2D eigenvalue weighted by atomic mass is 32.1. The van der Waals surface area contributed by atoms with E-state index in [1.54, 1.807) is 12.1 Å². The van der Waals surface area contributed by atoms with Crippen molar-refractivity contribution in [1.82, 2.24) is 10.3 Å². The van der Waals surface area contributed by atoms with Gasteiger partial charge in [0.25, 0.3) is 0 Å². The van der Waals surface area contributed by atoms with Gasteiger partial charge in [-0.3, -0.25) is 5.43 Å². The first-order chi connectivity index (χ1) is 8.60. The van der Waals surface area contributed by atoms with E-state index < -0.39 is 0 Å². The van der Waals surface area contributed by atoms with Gasteiger partial charge >= 0.3 is 0 Å². The predicted octanol–water partition coefficient (Wildman–Crippen LogP) is 2.33. The van der Waals surface area contributed by atoms with Gasteiger partial charge in [0.05, 0.1) is 5.71 Å². The average molecular weight is 265 g/mol. The summed E-state index contributed by atoms with van der Waals surface area (Å²) in [5.41, 5.74) is 4.24. The Balaban J connectivity index is 2.74. The van der Waals surface area contributed by atoms with E-state index in [9.17, 15) is 5.11 Å². The number of para-hydroxylation sites is 1. The Labute approximate surface area is 113 Å². The standard InChI is InChI=1S/C13H19N3OS/c1-4-16(5-2)13(18)15-14-10(3)11-8-6-7-9-12(11)17/h6-9,17H,4-5H2,1-3H3,(H,15,18)/b14-10-. The zero-order valence-electron chi connectivity index (χ0n) is 11.0. The second-order valence-electron chi connectivity index (χ2n) is 3.80. The molecule has 0 atom stereocenters. The van der Waals surface area contributed by atoms with E-state index in [1.165, 1.54) is 0 Å². The van der Waals surface area contributed by atoms with E-state index >= 15 is 0 Å². The van der Waals surface area contributed by atoms with Crippen LogP contribution in [0.2, 0.25) is 0 Å². The molecule has 1 aromatic carbocycles. The molecular weight excluding hydrogens is 246 g/mol. The fraction of sp³-hybridized carbons (Fsp3) is 0.385. The van der Waals surface area contributed by atoms with Gasteiger partial charge in [-0.15, -0.1) is 0 Å². The topological polar surface area (TPSA) is 47.9 Å². The molecule has 0 heterocycles. The molecule has 0 aliphatic carbocycles. The third-order valence-electron chi connectivity index (χ3n) is 2.66. The number of thiocarbonyl (C=S) groups is 1. The second-order valence-corrected chi connectivity index (χ2v) is 4.19. The van der Waals surface area contributed by atoms with Crippen molar-refractivity contribution in [2.45, 2.75) is 20.8 Å². The van der Waals surface area contributed by atoms with Crippen LogP contribution in [0.3, 0.4) is 0 Å². The van der Waals surface area contributed by atoms with Gasteiger partial charge in [0.2, 0.25) is 0 Å². The summed E-state index contributed by atoms with van der Waals surface area (Å²) in [4.78, 5) is 2.00. The normalized spacial score (nSPS) is 11.2. The van der Waals surface area contributed by atoms with Crippen molar-refractivity contribution in [3.05, 3.63) is 29.8 Å². The van der Waals surface area contributed by atoms with Crippen molar-refractivity contribution in [1.29, 1.82) is 0 Å². The lowest BCUT2D eigenvalue weighted by atomic mass is 10.1. The summed E-state index contributed by atoms with van der Waals surface area (Å²) in [5, 5.41) is 14.5. The van der Waals surface area contributed by atoms with Crippen LogP contribution in [0.25, 0.3) is 0 Å². The maximum atomic E-state index is 9.70. The molecule has 0 bridgehead atoms. The number of nitrogens with one attached hydrogen (secondary N) is 1. The molecule has 0 saturated carbocycles. The Bertz CT molecular complexity index is 442. The molecule has 98 valence electrons. The van der Waals surface area contributed by atoms with E-state index in [0.717, 1.165) is 13.1 Å². The summed E-state index contributed by atoms with van der Waals surface area (Å²) in [7, 11) is 0. The van der Waals surface area contributed by atoms with E-state index in [2.05, 4.69) is 10.5 Å². The van der Waals surface area contributed by atoms with Crippen LogP contribution < -0.4 is 5.43 Å².